The van der Waals surface area contributed by atoms with E-state index in [1.807, 2.05) is 6.07 Å². The highest BCUT2D eigenvalue weighted by Gasteiger charge is 2.08. The largest absolute Gasteiger partial charge is 0.338 e. The van der Waals surface area contributed by atoms with Gasteiger partial charge >= 0.3 is 0 Å². The van der Waals surface area contributed by atoms with Crippen molar-refractivity contribution in [3.63, 3.8) is 0 Å². The number of carbonyl (C=O) groups excluding carboxylic acids is 1. The monoisotopic (exact) mass is 346 g/mol. The third-order valence-corrected chi connectivity index (χ3v) is 3.78. The summed E-state index contributed by atoms with van der Waals surface area (Å²) < 4.78 is 1.72. The second-order valence-corrected chi connectivity index (χ2v) is 5.90. The van der Waals surface area contributed by atoms with E-state index in [9.17, 15) is 9.59 Å². The van der Waals surface area contributed by atoms with E-state index >= 15 is 0 Å². The Morgan fingerprint density at radius 3 is 2.48 bits per heavy atom. The van der Waals surface area contributed by atoms with Crippen molar-refractivity contribution in [2.75, 3.05) is 5.32 Å². The van der Waals surface area contributed by atoms with Crippen molar-refractivity contribution < 1.29 is 4.79 Å². The third kappa shape index (κ3) is 3.55. The standard InChI is InChI=1S/C17H12Cl2N2O2/c18-11-7-12(19)9-13(8-11)20-17(23)10-21-6-5-16(22)14-3-1-2-4-15(14)21/h1-9H,10H2,(H,20,23). The average Bonchev–Trinajstić information content (AvgIpc) is 2.49. The lowest BCUT2D eigenvalue weighted by Gasteiger charge is -2.11. The van der Waals surface area contributed by atoms with Crippen LogP contribution in [-0.2, 0) is 11.3 Å². The quantitative estimate of drug-likeness (QED) is 0.780. The number of amides is 1. The molecule has 0 saturated heterocycles. The first-order chi connectivity index (χ1) is 11.0. The zero-order chi connectivity index (χ0) is 16.4. The first-order valence-corrected chi connectivity index (χ1v) is 7.63. The number of nitrogens with one attached hydrogen (secondary N) is 1. The van der Waals surface area contributed by atoms with Crippen molar-refractivity contribution >= 4 is 45.7 Å². The number of fused-ring (bicyclic) bond motifs is 1. The van der Waals surface area contributed by atoms with Crippen molar-refractivity contribution in [3.8, 4) is 0 Å². The summed E-state index contributed by atoms with van der Waals surface area (Å²) in [7, 11) is 0. The molecule has 4 nitrogen and oxygen atoms in total. The zero-order valence-electron chi connectivity index (χ0n) is 11.9. The normalized spacial score (nSPS) is 10.7. The minimum absolute atomic E-state index is 0.0705. The number of pyridine rings is 1. The fourth-order valence-electron chi connectivity index (χ4n) is 2.38. The molecule has 0 saturated carbocycles. The van der Waals surface area contributed by atoms with Crippen LogP contribution in [0.25, 0.3) is 10.9 Å². The van der Waals surface area contributed by atoms with E-state index in [4.69, 9.17) is 23.2 Å². The van der Waals surface area contributed by atoms with E-state index in [1.54, 1.807) is 47.2 Å². The Morgan fingerprint density at radius 2 is 1.74 bits per heavy atom. The number of rotatable bonds is 3. The van der Waals surface area contributed by atoms with Crippen molar-refractivity contribution in [1.82, 2.24) is 4.57 Å². The molecule has 0 aliphatic heterocycles. The minimum Gasteiger partial charge on any atom is -0.338 e. The van der Waals surface area contributed by atoms with Crippen molar-refractivity contribution in [2.45, 2.75) is 6.54 Å². The van der Waals surface area contributed by atoms with Gasteiger partial charge in [-0.2, -0.15) is 0 Å². The van der Waals surface area contributed by atoms with Gasteiger partial charge in [0.15, 0.2) is 5.43 Å². The summed E-state index contributed by atoms with van der Waals surface area (Å²) in [5.74, 6) is -0.239. The Bertz CT molecular complexity index is 930. The topological polar surface area (TPSA) is 51.1 Å². The van der Waals surface area contributed by atoms with Crippen LogP contribution >= 0.6 is 23.2 Å². The minimum atomic E-state index is -0.239. The molecule has 0 bridgehead atoms. The van der Waals surface area contributed by atoms with Crippen molar-refractivity contribution in [1.29, 1.82) is 0 Å². The predicted octanol–water partition coefficient (Wildman–Crippen LogP) is 3.95. The number of halogens is 2. The summed E-state index contributed by atoms with van der Waals surface area (Å²) >= 11 is 11.8. The van der Waals surface area contributed by atoms with E-state index in [0.29, 0.717) is 26.6 Å². The molecule has 2 aromatic carbocycles. The molecule has 3 rings (SSSR count). The highest BCUT2D eigenvalue weighted by atomic mass is 35.5. The molecule has 1 amide bonds. The zero-order valence-corrected chi connectivity index (χ0v) is 13.4. The molecular weight excluding hydrogens is 335 g/mol. The van der Waals surface area contributed by atoms with Crippen LogP contribution in [0.15, 0.2) is 59.5 Å². The maximum absolute atomic E-state index is 12.2. The molecule has 0 fully saturated rings. The van der Waals surface area contributed by atoms with E-state index in [1.165, 1.54) is 6.07 Å². The molecule has 6 heteroatoms. The van der Waals surface area contributed by atoms with Gasteiger partial charge < -0.3 is 9.88 Å². The van der Waals surface area contributed by atoms with Crippen LogP contribution in [0.5, 0.6) is 0 Å². The number of aromatic nitrogens is 1. The van der Waals surface area contributed by atoms with Crippen molar-refractivity contribution in [2.24, 2.45) is 0 Å². The lowest BCUT2D eigenvalue weighted by molar-refractivity contribution is -0.116. The number of para-hydroxylation sites is 1. The number of benzene rings is 2. The molecular formula is C17H12Cl2N2O2. The van der Waals surface area contributed by atoms with Gasteiger partial charge in [-0.25, -0.2) is 0 Å². The Balaban J connectivity index is 1.86. The molecule has 116 valence electrons. The van der Waals surface area contributed by atoms with Gasteiger partial charge in [0, 0.05) is 33.4 Å². The van der Waals surface area contributed by atoms with E-state index in [-0.39, 0.29) is 17.9 Å². The Morgan fingerprint density at radius 1 is 1.04 bits per heavy atom. The van der Waals surface area contributed by atoms with Gasteiger partial charge in [0.25, 0.3) is 0 Å². The smallest absolute Gasteiger partial charge is 0.244 e. The van der Waals surface area contributed by atoms with Gasteiger partial charge in [0.1, 0.15) is 6.54 Å². The summed E-state index contributed by atoms with van der Waals surface area (Å²) in [4.78, 5) is 24.1. The fourth-order valence-corrected chi connectivity index (χ4v) is 2.91. The number of carbonyl (C=O) groups is 1. The van der Waals surface area contributed by atoms with Gasteiger partial charge in [-0.05, 0) is 30.3 Å². The van der Waals surface area contributed by atoms with Gasteiger partial charge in [-0.1, -0.05) is 35.3 Å². The van der Waals surface area contributed by atoms with Gasteiger partial charge in [-0.15, -0.1) is 0 Å². The Hall–Kier alpha value is -2.30. The molecule has 1 aromatic heterocycles. The highest BCUT2D eigenvalue weighted by Crippen LogP contribution is 2.22. The Kier molecular flexibility index (Phi) is 4.37. The molecule has 23 heavy (non-hydrogen) atoms. The van der Waals surface area contributed by atoms with Crippen LogP contribution < -0.4 is 10.7 Å². The summed E-state index contributed by atoms with van der Waals surface area (Å²) in [5, 5.41) is 4.21. The number of anilines is 1. The molecule has 1 N–H and O–H groups in total. The van der Waals surface area contributed by atoms with E-state index in [2.05, 4.69) is 5.32 Å². The van der Waals surface area contributed by atoms with Crippen LogP contribution in [0.1, 0.15) is 0 Å². The van der Waals surface area contributed by atoms with E-state index in [0.717, 1.165) is 0 Å². The number of hydrogen-bond acceptors (Lipinski definition) is 2. The molecule has 0 aliphatic rings. The summed E-state index contributed by atoms with van der Waals surface area (Å²) in [6.45, 7) is 0.0743. The lowest BCUT2D eigenvalue weighted by Crippen LogP contribution is -2.20. The third-order valence-electron chi connectivity index (χ3n) is 3.35. The van der Waals surface area contributed by atoms with Crippen LogP contribution in [0.2, 0.25) is 10.0 Å². The maximum atomic E-state index is 12.2. The second-order valence-electron chi connectivity index (χ2n) is 5.03. The molecule has 0 atom stereocenters. The van der Waals surface area contributed by atoms with Crippen LogP contribution in [-0.4, -0.2) is 10.5 Å². The maximum Gasteiger partial charge on any atom is 0.244 e. The second kappa shape index (κ2) is 6.44. The average molecular weight is 347 g/mol. The van der Waals surface area contributed by atoms with Crippen molar-refractivity contribution in [3.05, 3.63) is 75.0 Å². The first-order valence-electron chi connectivity index (χ1n) is 6.87. The van der Waals surface area contributed by atoms with Crippen LogP contribution in [0.3, 0.4) is 0 Å². The van der Waals surface area contributed by atoms with E-state index < -0.39 is 0 Å². The molecule has 0 spiro atoms. The molecule has 0 unspecified atom stereocenters. The summed E-state index contributed by atoms with van der Waals surface area (Å²) in [6, 6.07) is 13.4. The molecule has 0 aliphatic carbocycles. The molecule has 3 aromatic rings. The SMILES string of the molecule is O=C(Cn1ccc(=O)c2ccccc21)Nc1cc(Cl)cc(Cl)c1. The van der Waals surface area contributed by atoms with Crippen LogP contribution in [0.4, 0.5) is 5.69 Å². The first kappa shape index (κ1) is 15.6. The fraction of sp³-hybridized carbons (Fsp3) is 0.0588. The van der Waals surface area contributed by atoms with Gasteiger partial charge in [0.2, 0.25) is 5.91 Å². The van der Waals surface area contributed by atoms with Gasteiger partial charge in [-0.3, -0.25) is 9.59 Å². The van der Waals surface area contributed by atoms with Gasteiger partial charge in [0.05, 0.1) is 5.52 Å². The molecule has 0 radical (unpaired) electrons. The highest BCUT2D eigenvalue weighted by molar-refractivity contribution is 6.35. The van der Waals surface area contributed by atoms with Crippen LogP contribution in [0, 0.1) is 0 Å². The lowest BCUT2D eigenvalue weighted by atomic mass is 10.2. The Labute approximate surface area is 142 Å². The predicted molar refractivity (Wildman–Crippen MR) is 93.3 cm³/mol. The number of hydrogen-bond donors (Lipinski definition) is 1. The molecule has 1 heterocycles. The number of nitrogens with zero attached hydrogens (tertiary/aromatic N) is 1. The summed E-state index contributed by atoms with van der Waals surface area (Å²) in [6.07, 6.45) is 1.61. The summed E-state index contributed by atoms with van der Waals surface area (Å²) in [5.41, 5.74) is 1.16.